The lowest BCUT2D eigenvalue weighted by Crippen LogP contribution is -2.10. The van der Waals surface area contributed by atoms with Crippen molar-refractivity contribution in [3.8, 4) is 22.9 Å². The summed E-state index contributed by atoms with van der Waals surface area (Å²) in [5.41, 5.74) is 3.15. The molecular formula is C17H17N3O. The Labute approximate surface area is 123 Å². The molecule has 0 N–H and O–H groups in total. The second-order valence-corrected chi connectivity index (χ2v) is 5.98. The van der Waals surface area contributed by atoms with Crippen LogP contribution in [0.25, 0.3) is 22.9 Å². The molecule has 0 radical (unpaired) electrons. The van der Waals surface area contributed by atoms with Crippen LogP contribution in [0.5, 0.6) is 0 Å². The van der Waals surface area contributed by atoms with Crippen molar-refractivity contribution in [1.82, 2.24) is 15.2 Å². The highest BCUT2D eigenvalue weighted by atomic mass is 16.4. The van der Waals surface area contributed by atoms with E-state index in [-0.39, 0.29) is 5.41 Å². The second kappa shape index (κ2) is 5.13. The monoisotopic (exact) mass is 279 g/mol. The second-order valence-electron chi connectivity index (χ2n) is 5.98. The van der Waals surface area contributed by atoms with Crippen LogP contribution in [-0.4, -0.2) is 15.2 Å². The molecule has 4 nitrogen and oxygen atoms in total. The molecule has 4 heteroatoms. The number of rotatable bonds is 2. The Hall–Kier alpha value is -2.49. The van der Waals surface area contributed by atoms with Crippen molar-refractivity contribution in [1.29, 1.82) is 0 Å². The molecule has 0 spiro atoms. The predicted molar refractivity (Wildman–Crippen MR) is 81.7 cm³/mol. The molecule has 0 unspecified atom stereocenters. The Morgan fingerprint density at radius 2 is 1.52 bits per heavy atom. The van der Waals surface area contributed by atoms with Gasteiger partial charge in [0.25, 0.3) is 0 Å². The maximum Gasteiger partial charge on any atom is 0.249 e. The molecular weight excluding hydrogens is 262 g/mol. The minimum atomic E-state index is 0.133. The van der Waals surface area contributed by atoms with Gasteiger partial charge in [-0.3, -0.25) is 4.98 Å². The van der Waals surface area contributed by atoms with Crippen LogP contribution in [-0.2, 0) is 5.41 Å². The SMILES string of the molecule is CC(C)(C)c1ccc(-c2nnc(-c3cccnc3)o2)cc1. The molecule has 0 aliphatic rings. The number of hydrogen-bond acceptors (Lipinski definition) is 4. The van der Waals surface area contributed by atoms with E-state index in [1.807, 2.05) is 24.3 Å². The highest BCUT2D eigenvalue weighted by molar-refractivity contribution is 5.57. The smallest absolute Gasteiger partial charge is 0.249 e. The summed E-state index contributed by atoms with van der Waals surface area (Å²) in [5, 5.41) is 8.19. The summed E-state index contributed by atoms with van der Waals surface area (Å²) in [6, 6.07) is 12.0. The van der Waals surface area contributed by atoms with Gasteiger partial charge >= 0.3 is 0 Å². The average molecular weight is 279 g/mol. The molecule has 0 fully saturated rings. The van der Waals surface area contributed by atoms with E-state index in [0.29, 0.717) is 11.8 Å². The quantitative estimate of drug-likeness (QED) is 0.708. The van der Waals surface area contributed by atoms with Gasteiger partial charge in [-0.25, -0.2) is 0 Å². The van der Waals surface area contributed by atoms with Crippen LogP contribution in [0.2, 0.25) is 0 Å². The molecule has 0 aliphatic carbocycles. The predicted octanol–water partition coefficient (Wildman–Crippen LogP) is 4.10. The third kappa shape index (κ3) is 2.84. The van der Waals surface area contributed by atoms with E-state index < -0.39 is 0 Å². The lowest BCUT2D eigenvalue weighted by molar-refractivity contribution is 0.581. The largest absolute Gasteiger partial charge is 0.416 e. The summed E-state index contributed by atoms with van der Waals surface area (Å²) >= 11 is 0. The zero-order valence-corrected chi connectivity index (χ0v) is 12.4. The molecule has 106 valence electrons. The van der Waals surface area contributed by atoms with Crippen molar-refractivity contribution in [2.75, 3.05) is 0 Å². The van der Waals surface area contributed by atoms with Crippen LogP contribution in [0.3, 0.4) is 0 Å². The van der Waals surface area contributed by atoms with Gasteiger partial charge in [-0.15, -0.1) is 10.2 Å². The minimum absolute atomic E-state index is 0.133. The summed E-state index contributed by atoms with van der Waals surface area (Å²) in [6.07, 6.45) is 3.42. The van der Waals surface area contributed by atoms with Gasteiger partial charge in [0.05, 0.1) is 5.56 Å². The molecule has 0 saturated carbocycles. The first kappa shape index (κ1) is 13.5. The van der Waals surface area contributed by atoms with E-state index in [9.17, 15) is 0 Å². The summed E-state index contributed by atoms with van der Waals surface area (Å²) in [4.78, 5) is 4.05. The number of aromatic nitrogens is 3. The molecule has 3 rings (SSSR count). The maximum atomic E-state index is 5.72. The number of hydrogen-bond donors (Lipinski definition) is 0. The third-order valence-electron chi connectivity index (χ3n) is 3.33. The maximum absolute atomic E-state index is 5.72. The van der Waals surface area contributed by atoms with E-state index in [4.69, 9.17) is 4.42 Å². The number of nitrogens with zero attached hydrogens (tertiary/aromatic N) is 3. The average Bonchev–Trinajstić information content (AvgIpc) is 2.97. The molecule has 3 aromatic rings. The molecule has 0 amide bonds. The minimum Gasteiger partial charge on any atom is -0.416 e. The van der Waals surface area contributed by atoms with Gasteiger partial charge in [-0.2, -0.15) is 0 Å². The number of pyridine rings is 1. The van der Waals surface area contributed by atoms with Crippen LogP contribution < -0.4 is 0 Å². The zero-order valence-electron chi connectivity index (χ0n) is 12.4. The molecule has 21 heavy (non-hydrogen) atoms. The van der Waals surface area contributed by atoms with Gasteiger partial charge in [0.2, 0.25) is 11.8 Å². The fraction of sp³-hybridized carbons (Fsp3) is 0.235. The highest BCUT2D eigenvalue weighted by Gasteiger charge is 2.15. The van der Waals surface area contributed by atoms with Gasteiger partial charge in [0.15, 0.2) is 0 Å². The van der Waals surface area contributed by atoms with Crippen LogP contribution in [0.1, 0.15) is 26.3 Å². The van der Waals surface area contributed by atoms with E-state index in [1.54, 1.807) is 12.4 Å². The lowest BCUT2D eigenvalue weighted by Gasteiger charge is -2.18. The van der Waals surface area contributed by atoms with E-state index in [1.165, 1.54) is 5.56 Å². The van der Waals surface area contributed by atoms with Crippen LogP contribution >= 0.6 is 0 Å². The van der Waals surface area contributed by atoms with Crippen molar-refractivity contribution < 1.29 is 4.42 Å². The van der Waals surface area contributed by atoms with E-state index >= 15 is 0 Å². The van der Waals surface area contributed by atoms with Crippen molar-refractivity contribution in [3.05, 3.63) is 54.4 Å². The van der Waals surface area contributed by atoms with Crippen molar-refractivity contribution >= 4 is 0 Å². The lowest BCUT2D eigenvalue weighted by atomic mass is 9.87. The summed E-state index contributed by atoms with van der Waals surface area (Å²) in [5.74, 6) is 1.01. The molecule has 2 heterocycles. The Morgan fingerprint density at radius 3 is 2.10 bits per heavy atom. The van der Waals surface area contributed by atoms with E-state index in [2.05, 4.69) is 48.1 Å². The normalized spacial score (nSPS) is 11.6. The molecule has 0 aliphatic heterocycles. The fourth-order valence-electron chi connectivity index (χ4n) is 2.06. The summed E-state index contributed by atoms with van der Waals surface area (Å²) < 4.78 is 5.72. The third-order valence-corrected chi connectivity index (χ3v) is 3.33. The first-order chi connectivity index (χ1) is 10.0. The Balaban J connectivity index is 1.90. The first-order valence-electron chi connectivity index (χ1n) is 6.89. The molecule has 0 saturated heterocycles. The van der Waals surface area contributed by atoms with Gasteiger partial charge < -0.3 is 4.42 Å². The van der Waals surface area contributed by atoms with Gasteiger partial charge in [-0.05, 0) is 35.2 Å². The summed E-state index contributed by atoms with van der Waals surface area (Å²) in [6.45, 7) is 6.57. The zero-order chi connectivity index (χ0) is 14.9. The van der Waals surface area contributed by atoms with Gasteiger partial charge in [0, 0.05) is 18.0 Å². The summed E-state index contributed by atoms with van der Waals surface area (Å²) in [7, 11) is 0. The molecule has 0 bridgehead atoms. The fourth-order valence-corrected chi connectivity index (χ4v) is 2.06. The first-order valence-corrected chi connectivity index (χ1v) is 6.89. The number of benzene rings is 1. The van der Waals surface area contributed by atoms with Gasteiger partial charge in [0.1, 0.15) is 0 Å². The van der Waals surface area contributed by atoms with Crippen molar-refractivity contribution in [2.45, 2.75) is 26.2 Å². The van der Waals surface area contributed by atoms with Crippen LogP contribution in [0.15, 0.2) is 53.2 Å². The topological polar surface area (TPSA) is 51.8 Å². The van der Waals surface area contributed by atoms with E-state index in [0.717, 1.165) is 11.1 Å². The van der Waals surface area contributed by atoms with Gasteiger partial charge in [-0.1, -0.05) is 32.9 Å². The molecule has 0 atom stereocenters. The van der Waals surface area contributed by atoms with Crippen molar-refractivity contribution in [3.63, 3.8) is 0 Å². The molecule has 1 aromatic carbocycles. The highest BCUT2D eigenvalue weighted by Crippen LogP contribution is 2.27. The van der Waals surface area contributed by atoms with Crippen LogP contribution in [0.4, 0.5) is 0 Å². The Bertz CT molecular complexity index is 725. The Morgan fingerprint density at radius 1 is 0.857 bits per heavy atom. The molecule has 2 aromatic heterocycles. The van der Waals surface area contributed by atoms with Crippen LogP contribution in [0, 0.1) is 0 Å². The van der Waals surface area contributed by atoms with Crippen molar-refractivity contribution in [2.24, 2.45) is 0 Å². The Kier molecular flexibility index (Phi) is 3.29. The standard InChI is InChI=1S/C17H17N3O/c1-17(2,3)14-8-6-12(7-9-14)15-19-20-16(21-15)13-5-4-10-18-11-13/h4-11H,1-3H3.